The van der Waals surface area contributed by atoms with Crippen LogP contribution < -0.4 is 0 Å². The first kappa shape index (κ1) is 15.0. The van der Waals surface area contributed by atoms with Gasteiger partial charge in [0.2, 0.25) is 11.8 Å². The van der Waals surface area contributed by atoms with Crippen LogP contribution in [0, 0.1) is 0 Å². The fourth-order valence-corrected chi connectivity index (χ4v) is 2.54. The van der Waals surface area contributed by atoms with Crippen molar-refractivity contribution in [3.05, 3.63) is 35.9 Å². The number of piperazine rings is 1. The summed E-state index contributed by atoms with van der Waals surface area (Å²) >= 11 is 0. The zero-order valence-corrected chi connectivity index (χ0v) is 11.9. The van der Waals surface area contributed by atoms with E-state index in [1.165, 1.54) is 11.8 Å². The predicted molar refractivity (Wildman–Crippen MR) is 75.3 cm³/mol. The topological polar surface area (TPSA) is 77.9 Å². The van der Waals surface area contributed by atoms with Crippen molar-refractivity contribution in [3.8, 4) is 0 Å². The molecule has 1 saturated heterocycles. The summed E-state index contributed by atoms with van der Waals surface area (Å²) in [5, 5.41) is 8.95. The number of rotatable bonds is 4. The molecule has 1 aliphatic heterocycles. The van der Waals surface area contributed by atoms with Crippen LogP contribution in [0.3, 0.4) is 0 Å². The third-order valence-electron chi connectivity index (χ3n) is 3.57. The molecule has 1 atom stereocenters. The van der Waals surface area contributed by atoms with E-state index < -0.39 is 12.0 Å². The van der Waals surface area contributed by atoms with Crippen LogP contribution in [0.1, 0.15) is 18.9 Å². The first-order valence-corrected chi connectivity index (χ1v) is 6.80. The van der Waals surface area contributed by atoms with Crippen molar-refractivity contribution in [2.75, 3.05) is 13.1 Å². The Balaban J connectivity index is 2.14. The molecule has 21 heavy (non-hydrogen) atoms. The van der Waals surface area contributed by atoms with Crippen molar-refractivity contribution in [2.45, 2.75) is 25.9 Å². The normalized spacial score (nSPS) is 18.7. The Hall–Kier alpha value is -2.37. The van der Waals surface area contributed by atoms with Crippen molar-refractivity contribution in [3.63, 3.8) is 0 Å². The van der Waals surface area contributed by atoms with Gasteiger partial charge in [-0.2, -0.15) is 0 Å². The van der Waals surface area contributed by atoms with Gasteiger partial charge in [0.15, 0.2) is 0 Å². The second-order valence-electron chi connectivity index (χ2n) is 5.07. The average molecular weight is 290 g/mol. The van der Waals surface area contributed by atoms with E-state index in [4.69, 9.17) is 5.11 Å². The van der Waals surface area contributed by atoms with Crippen LogP contribution in [0.4, 0.5) is 0 Å². The molecule has 112 valence electrons. The minimum atomic E-state index is -1.08. The van der Waals surface area contributed by atoms with E-state index in [1.807, 2.05) is 30.3 Å². The fraction of sp³-hybridized carbons (Fsp3) is 0.400. The van der Waals surface area contributed by atoms with E-state index in [-0.39, 0.29) is 18.2 Å². The maximum atomic E-state index is 12.4. The Bertz CT molecular complexity index is 544. The zero-order chi connectivity index (χ0) is 15.4. The van der Waals surface area contributed by atoms with Gasteiger partial charge in [0.25, 0.3) is 0 Å². The molecule has 0 aromatic heterocycles. The molecular formula is C15H18N2O4. The molecule has 1 aromatic rings. The third-order valence-corrected chi connectivity index (χ3v) is 3.57. The number of hydrogen-bond acceptors (Lipinski definition) is 3. The van der Waals surface area contributed by atoms with Gasteiger partial charge in [-0.05, 0) is 5.56 Å². The Morgan fingerprint density at radius 1 is 1.24 bits per heavy atom. The smallest absolute Gasteiger partial charge is 0.305 e. The summed E-state index contributed by atoms with van der Waals surface area (Å²) in [4.78, 5) is 37.9. The highest BCUT2D eigenvalue weighted by atomic mass is 16.4. The Kier molecular flexibility index (Phi) is 4.57. The number of nitrogens with zero attached hydrogens (tertiary/aromatic N) is 2. The molecule has 1 N–H and O–H groups in total. The Morgan fingerprint density at radius 3 is 2.48 bits per heavy atom. The predicted octanol–water partition coefficient (Wildman–Crippen LogP) is 0.721. The van der Waals surface area contributed by atoms with E-state index in [0.29, 0.717) is 19.6 Å². The number of carbonyl (C=O) groups excluding carboxylic acids is 2. The van der Waals surface area contributed by atoms with Crippen LogP contribution in [-0.4, -0.2) is 51.8 Å². The van der Waals surface area contributed by atoms with Gasteiger partial charge in [-0.3, -0.25) is 14.4 Å². The van der Waals surface area contributed by atoms with Gasteiger partial charge < -0.3 is 14.9 Å². The van der Waals surface area contributed by atoms with Crippen molar-refractivity contribution < 1.29 is 19.5 Å². The van der Waals surface area contributed by atoms with Crippen LogP contribution in [0.2, 0.25) is 0 Å². The van der Waals surface area contributed by atoms with Crippen LogP contribution >= 0.6 is 0 Å². The quantitative estimate of drug-likeness (QED) is 0.886. The van der Waals surface area contributed by atoms with Crippen molar-refractivity contribution in [2.24, 2.45) is 0 Å². The van der Waals surface area contributed by atoms with Crippen molar-refractivity contribution >= 4 is 17.8 Å². The second-order valence-corrected chi connectivity index (χ2v) is 5.07. The van der Waals surface area contributed by atoms with Gasteiger partial charge in [0, 0.05) is 26.6 Å². The number of benzene rings is 1. The van der Waals surface area contributed by atoms with Crippen LogP contribution in [-0.2, 0) is 20.9 Å². The largest absolute Gasteiger partial charge is 0.481 e. The van der Waals surface area contributed by atoms with Gasteiger partial charge in [0.1, 0.15) is 6.04 Å². The van der Waals surface area contributed by atoms with Crippen LogP contribution in [0.15, 0.2) is 30.3 Å². The lowest BCUT2D eigenvalue weighted by Crippen LogP contribution is -2.58. The molecule has 0 radical (unpaired) electrons. The molecule has 1 aliphatic rings. The van der Waals surface area contributed by atoms with Gasteiger partial charge in [-0.15, -0.1) is 0 Å². The lowest BCUT2D eigenvalue weighted by Gasteiger charge is -2.39. The summed E-state index contributed by atoms with van der Waals surface area (Å²) in [5.74, 6) is -1.65. The lowest BCUT2D eigenvalue weighted by molar-refractivity contribution is -0.155. The van der Waals surface area contributed by atoms with Gasteiger partial charge in [0.05, 0.1) is 6.42 Å². The van der Waals surface area contributed by atoms with Crippen LogP contribution in [0.25, 0.3) is 0 Å². The summed E-state index contributed by atoms with van der Waals surface area (Å²) < 4.78 is 0. The summed E-state index contributed by atoms with van der Waals surface area (Å²) in [5.41, 5.74) is 0.983. The zero-order valence-electron chi connectivity index (χ0n) is 11.9. The molecule has 6 nitrogen and oxygen atoms in total. The molecule has 1 fully saturated rings. The monoisotopic (exact) mass is 290 g/mol. The highest BCUT2D eigenvalue weighted by molar-refractivity contribution is 5.91. The molecule has 1 aromatic carbocycles. The summed E-state index contributed by atoms with van der Waals surface area (Å²) in [6.07, 6.45) is -0.357. The van der Waals surface area contributed by atoms with Crippen LogP contribution in [0.5, 0.6) is 0 Å². The number of amides is 2. The number of carboxylic acids is 1. The molecule has 1 heterocycles. The number of carbonyl (C=O) groups is 3. The highest BCUT2D eigenvalue weighted by Crippen LogP contribution is 2.17. The van der Waals surface area contributed by atoms with Gasteiger partial charge in [-0.1, -0.05) is 30.3 Å². The number of carboxylic acid groups (broad SMARTS) is 1. The number of hydrogen-bond donors (Lipinski definition) is 1. The van der Waals surface area contributed by atoms with Gasteiger partial charge >= 0.3 is 5.97 Å². The molecule has 1 unspecified atom stereocenters. The first-order chi connectivity index (χ1) is 9.99. The van der Waals surface area contributed by atoms with E-state index in [9.17, 15) is 14.4 Å². The average Bonchev–Trinajstić information content (AvgIpc) is 2.43. The molecule has 0 aliphatic carbocycles. The molecule has 2 amide bonds. The maximum absolute atomic E-state index is 12.4. The minimum absolute atomic E-state index is 0.269. The standard InChI is InChI=1S/C15H18N2O4/c1-11(18)17-8-7-16(10-12-5-3-2-4-6-12)15(21)13(17)9-14(19)20/h2-6,13H,7-10H2,1H3,(H,19,20). The van der Waals surface area contributed by atoms with E-state index in [0.717, 1.165) is 5.56 Å². The summed E-state index contributed by atoms with van der Waals surface area (Å²) in [7, 11) is 0. The SMILES string of the molecule is CC(=O)N1CCN(Cc2ccccc2)C(=O)C1CC(=O)O. The molecule has 0 saturated carbocycles. The van der Waals surface area contributed by atoms with Gasteiger partial charge in [-0.25, -0.2) is 0 Å². The van der Waals surface area contributed by atoms with E-state index in [2.05, 4.69) is 0 Å². The molecule has 0 spiro atoms. The van der Waals surface area contributed by atoms with E-state index >= 15 is 0 Å². The minimum Gasteiger partial charge on any atom is -0.481 e. The molecule has 6 heteroatoms. The molecule has 2 rings (SSSR count). The highest BCUT2D eigenvalue weighted by Gasteiger charge is 2.37. The summed E-state index contributed by atoms with van der Waals surface area (Å²) in [6.45, 7) is 2.58. The fourth-order valence-electron chi connectivity index (χ4n) is 2.54. The third kappa shape index (κ3) is 3.59. The molecule has 0 bridgehead atoms. The second kappa shape index (κ2) is 6.39. The van der Waals surface area contributed by atoms with Crippen molar-refractivity contribution in [1.82, 2.24) is 9.80 Å². The molecular weight excluding hydrogens is 272 g/mol. The van der Waals surface area contributed by atoms with E-state index in [1.54, 1.807) is 4.90 Å². The first-order valence-electron chi connectivity index (χ1n) is 6.80. The maximum Gasteiger partial charge on any atom is 0.305 e. The summed E-state index contributed by atoms with van der Waals surface area (Å²) in [6, 6.07) is 8.60. The lowest BCUT2D eigenvalue weighted by atomic mass is 10.1. The Labute approximate surface area is 123 Å². The Morgan fingerprint density at radius 2 is 1.90 bits per heavy atom. The number of aliphatic carboxylic acids is 1. The van der Waals surface area contributed by atoms with Crippen molar-refractivity contribution in [1.29, 1.82) is 0 Å².